The molecule has 0 aliphatic rings. The summed E-state index contributed by atoms with van der Waals surface area (Å²) in [7, 11) is 2.12. The number of nitrogens with zero attached hydrogens (tertiary/aromatic N) is 1. The largest absolute Gasteiger partial charge is 0.463 e. The predicted molar refractivity (Wildman–Crippen MR) is 71.9 cm³/mol. The first-order valence-corrected chi connectivity index (χ1v) is 6.34. The minimum Gasteiger partial charge on any atom is -0.463 e. The van der Waals surface area contributed by atoms with Crippen molar-refractivity contribution in [3.05, 3.63) is 36.3 Å². The van der Waals surface area contributed by atoms with E-state index < -0.39 is 0 Å². The highest BCUT2D eigenvalue weighted by molar-refractivity contribution is 5.06. The lowest BCUT2D eigenvalue weighted by molar-refractivity contribution is 0.287. The molecule has 0 spiro atoms. The Morgan fingerprint density at radius 3 is 2.88 bits per heavy atom. The number of nitrogens with one attached hydrogen (secondary N) is 1. The Morgan fingerprint density at radius 2 is 2.18 bits per heavy atom. The zero-order valence-electron chi connectivity index (χ0n) is 11.0. The van der Waals surface area contributed by atoms with Gasteiger partial charge in [-0.1, -0.05) is 13.0 Å². The Balaban J connectivity index is 2.29. The summed E-state index contributed by atoms with van der Waals surface area (Å²) in [6, 6.07) is 4.12. The molecule has 0 saturated heterocycles. The Kier molecular flexibility index (Phi) is 6.67. The Hall–Kier alpha value is -1.06. The minimum absolute atomic E-state index is 0.816. The Morgan fingerprint density at radius 1 is 1.41 bits per heavy atom. The third-order valence-corrected chi connectivity index (χ3v) is 2.64. The molecule has 1 heterocycles. The molecule has 0 bridgehead atoms. The molecule has 96 valence electrons. The maximum absolute atomic E-state index is 5.74. The lowest BCUT2D eigenvalue weighted by Gasteiger charge is -2.14. The van der Waals surface area contributed by atoms with E-state index in [0.29, 0.717) is 0 Å². The molecule has 1 N–H and O–H groups in total. The zero-order valence-corrected chi connectivity index (χ0v) is 11.0. The second kappa shape index (κ2) is 8.09. The van der Waals surface area contributed by atoms with Crippen LogP contribution in [0.15, 0.2) is 29.2 Å². The summed E-state index contributed by atoms with van der Waals surface area (Å²) in [4.78, 5) is 2.28. The molecule has 0 saturated carbocycles. The van der Waals surface area contributed by atoms with Crippen molar-refractivity contribution in [2.45, 2.75) is 32.9 Å². The van der Waals surface area contributed by atoms with Crippen LogP contribution in [0.5, 0.6) is 0 Å². The van der Waals surface area contributed by atoms with Gasteiger partial charge < -0.3 is 9.73 Å². The van der Waals surface area contributed by atoms with Gasteiger partial charge in [-0.05, 0) is 45.1 Å². The number of unbranched alkanes of at least 4 members (excludes halogenated alkanes) is 1. The van der Waals surface area contributed by atoms with Crippen molar-refractivity contribution in [1.29, 1.82) is 0 Å². The predicted octanol–water partition coefficient (Wildman–Crippen LogP) is 2.79. The van der Waals surface area contributed by atoms with Crippen LogP contribution in [0, 0.1) is 0 Å². The molecule has 1 rings (SSSR count). The summed E-state index contributed by atoms with van der Waals surface area (Å²) in [6.07, 6.45) is 4.20. The normalized spacial score (nSPS) is 11.0. The number of hydrogen-bond donors (Lipinski definition) is 1. The fourth-order valence-corrected chi connectivity index (χ4v) is 1.70. The maximum atomic E-state index is 5.74. The molecule has 0 aliphatic heterocycles. The van der Waals surface area contributed by atoms with E-state index in [1.54, 1.807) is 0 Å². The third-order valence-electron chi connectivity index (χ3n) is 2.64. The van der Waals surface area contributed by atoms with Gasteiger partial charge in [-0.15, -0.1) is 6.58 Å². The van der Waals surface area contributed by atoms with E-state index in [1.807, 2.05) is 6.08 Å². The highest BCUT2D eigenvalue weighted by Crippen LogP contribution is 2.10. The molecule has 0 aromatic carbocycles. The average molecular weight is 236 g/mol. The first-order valence-electron chi connectivity index (χ1n) is 6.34. The summed E-state index contributed by atoms with van der Waals surface area (Å²) >= 11 is 0. The molecule has 0 amide bonds. The van der Waals surface area contributed by atoms with Crippen molar-refractivity contribution in [2.75, 3.05) is 20.1 Å². The van der Waals surface area contributed by atoms with Crippen molar-refractivity contribution >= 4 is 0 Å². The van der Waals surface area contributed by atoms with Crippen molar-refractivity contribution in [3.63, 3.8) is 0 Å². The van der Waals surface area contributed by atoms with Crippen LogP contribution >= 0.6 is 0 Å². The van der Waals surface area contributed by atoms with Crippen LogP contribution in [0.2, 0.25) is 0 Å². The van der Waals surface area contributed by atoms with Gasteiger partial charge in [0.05, 0.1) is 13.1 Å². The molecule has 0 radical (unpaired) electrons. The van der Waals surface area contributed by atoms with Gasteiger partial charge in [-0.25, -0.2) is 0 Å². The monoisotopic (exact) mass is 236 g/mol. The standard InChI is InChI=1S/C14H24N2O/c1-4-6-7-10-16(3)12-14-9-8-13(17-14)11-15-5-2/h4,8-9,15H,1,5-7,10-12H2,2-3H3. The molecule has 1 aromatic heterocycles. The van der Waals surface area contributed by atoms with Crippen LogP contribution in [0.4, 0.5) is 0 Å². The van der Waals surface area contributed by atoms with Gasteiger partial charge in [0.25, 0.3) is 0 Å². The summed E-state index contributed by atoms with van der Waals surface area (Å²) in [5.74, 6) is 2.06. The van der Waals surface area contributed by atoms with E-state index in [-0.39, 0.29) is 0 Å². The van der Waals surface area contributed by atoms with Crippen molar-refractivity contribution in [3.8, 4) is 0 Å². The van der Waals surface area contributed by atoms with Crippen molar-refractivity contribution < 1.29 is 4.42 Å². The van der Waals surface area contributed by atoms with Crippen LogP contribution in [0.1, 0.15) is 31.3 Å². The molecule has 3 heteroatoms. The van der Waals surface area contributed by atoms with Crippen LogP contribution < -0.4 is 5.32 Å². The fraction of sp³-hybridized carbons (Fsp3) is 0.571. The summed E-state index contributed by atoms with van der Waals surface area (Å²) in [6.45, 7) is 9.57. The topological polar surface area (TPSA) is 28.4 Å². The summed E-state index contributed by atoms with van der Waals surface area (Å²) in [5, 5.41) is 3.25. The lowest BCUT2D eigenvalue weighted by Crippen LogP contribution is -2.18. The fourth-order valence-electron chi connectivity index (χ4n) is 1.70. The first kappa shape index (κ1) is 14.0. The van der Waals surface area contributed by atoms with E-state index in [2.05, 4.69) is 42.9 Å². The van der Waals surface area contributed by atoms with Gasteiger partial charge >= 0.3 is 0 Å². The van der Waals surface area contributed by atoms with Gasteiger partial charge in [0, 0.05) is 0 Å². The highest BCUT2D eigenvalue weighted by atomic mass is 16.3. The lowest BCUT2D eigenvalue weighted by atomic mass is 10.3. The Labute approximate surface area is 104 Å². The molecule has 3 nitrogen and oxygen atoms in total. The summed E-state index contributed by atoms with van der Waals surface area (Å²) in [5.41, 5.74) is 0. The average Bonchev–Trinajstić information content (AvgIpc) is 2.74. The van der Waals surface area contributed by atoms with Gasteiger partial charge in [0.15, 0.2) is 0 Å². The second-order valence-corrected chi connectivity index (χ2v) is 4.32. The molecular weight excluding hydrogens is 212 g/mol. The minimum atomic E-state index is 0.816. The second-order valence-electron chi connectivity index (χ2n) is 4.32. The molecule has 0 atom stereocenters. The molecule has 0 aliphatic carbocycles. The number of furan rings is 1. The van der Waals surface area contributed by atoms with Crippen molar-refractivity contribution in [2.24, 2.45) is 0 Å². The third kappa shape index (κ3) is 5.71. The molecular formula is C14H24N2O. The van der Waals surface area contributed by atoms with Crippen LogP contribution in [-0.2, 0) is 13.1 Å². The number of rotatable bonds is 9. The van der Waals surface area contributed by atoms with Gasteiger partial charge in [-0.3, -0.25) is 4.90 Å². The smallest absolute Gasteiger partial charge is 0.118 e. The summed E-state index contributed by atoms with van der Waals surface area (Å²) < 4.78 is 5.74. The molecule has 0 fully saturated rings. The quantitative estimate of drug-likeness (QED) is 0.528. The Bertz CT molecular complexity index is 320. The van der Waals surface area contributed by atoms with Gasteiger partial charge in [-0.2, -0.15) is 0 Å². The van der Waals surface area contributed by atoms with E-state index in [0.717, 1.165) is 50.5 Å². The SMILES string of the molecule is C=CCCCN(C)Cc1ccc(CNCC)o1. The van der Waals surface area contributed by atoms with E-state index in [1.165, 1.54) is 0 Å². The zero-order chi connectivity index (χ0) is 12.5. The van der Waals surface area contributed by atoms with Crippen molar-refractivity contribution in [1.82, 2.24) is 10.2 Å². The molecule has 0 unspecified atom stereocenters. The maximum Gasteiger partial charge on any atom is 0.118 e. The van der Waals surface area contributed by atoms with Crippen LogP contribution in [-0.4, -0.2) is 25.0 Å². The molecule has 17 heavy (non-hydrogen) atoms. The number of hydrogen-bond acceptors (Lipinski definition) is 3. The van der Waals surface area contributed by atoms with Gasteiger partial charge in [0.2, 0.25) is 0 Å². The number of allylic oxidation sites excluding steroid dienone is 1. The van der Waals surface area contributed by atoms with E-state index in [9.17, 15) is 0 Å². The first-order chi connectivity index (χ1) is 8.26. The molecule has 1 aromatic rings. The van der Waals surface area contributed by atoms with Crippen LogP contribution in [0.3, 0.4) is 0 Å². The van der Waals surface area contributed by atoms with Crippen LogP contribution in [0.25, 0.3) is 0 Å². The van der Waals surface area contributed by atoms with Gasteiger partial charge in [0.1, 0.15) is 11.5 Å². The van der Waals surface area contributed by atoms with E-state index in [4.69, 9.17) is 4.42 Å². The highest BCUT2D eigenvalue weighted by Gasteiger charge is 2.04. The van der Waals surface area contributed by atoms with E-state index >= 15 is 0 Å².